The number of rotatable bonds is 2. The van der Waals surface area contributed by atoms with E-state index in [2.05, 4.69) is 22.1 Å². The Balaban J connectivity index is 1.84. The zero-order chi connectivity index (χ0) is 19.1. The van der Waals surface area contributed by atoms with Gasteiger partial charge in [0, 0.05) is 34.7 Å². The maximum Gasteiger partial charge on any atom is 0.0813 e. The molecule has 5 rings (SSSR count). The molecule has 2 N–H and O–H groups in total. The van der Waals surface area contributed by atoms with Crippen molar-refractivity contribution in [2.45, 2.75) is 13.0 Å². The van der Waals surface area contributed by atoms with E-state index >= 15 is 0 Å². The van der Waals surface area contributed by atoms with Crippen LogP contribution in [0.25, 0.3) is 46.4 Å². The molecule has 5 nitrogen and oxygen atoms in total. The van der Waals surface area contributed by atoms with Crippen molar-refractivity contribution < 1.29 is 4.74 Å². The lowest BCUT2D eigenvalue weighted by molar-refractivity contribution is 0.121. The summed E-state index contributed by atoms with van der Waals surface area (Å²) >= 11 is 0. The predicted octanol–water partition coefficient (Wildman–Crippen LogP) is 5.36. The summed E-state index contributed by atoms with van der Waals surface area (Å²) in [7, 11) is 1.72. The maximum atomic E-state index is 5.56. The summed E-state index contributed by atoms with van der Waals surface area (Å²) in [5.41, 5.74) is 8.76. The van der Waals surface area contributed by atoms with E-state index < -0.39 is 0 Å². The zero-order valence-electron chi connectivity index (χ0n) is 15.7. The van der Waals surface area contributed by atoms with E-state index in [1.54, 1.807) is 7.11 Å². The summed E-state index contributed by atoms with van der Waals surface area (Å²) in [6.07, 6.45) is 8.06. The van der Waals surface area contributed by atoms with Crippen molar-refractivity contribution in [2.75, 3.05) is 7.11 Å². The van der Waals surface area contributed by atoms with E-state index in [0.717, 1.165) is 50.4 Å². The van der Waals surface area contributed by atoms with Gasteiger partial charge in [-0.1, -0.05) is 0 Å². The van der Waals surface area contributed by atoms with E-state index in [1.807, 2.05) is 61.6 Å². The van der Waals surface area contributed by atoms with Gasteiger partial charge in [0.25, 0.3) is 0 Å². The van der Waals surface area contributed by atoms with E-state index in [0.29, 0.717) is 0 Å². The molecule has 2 aliphatic heterocycles. The van der Waals surface area contributed by atoms with Crippen LogP contribution in [-0.2, 0) is 4.74 Å². The highest BCUT2D eigenvalue weighted by atomic mass is 16.5. The summed E-state index contributed by atoms with van der Waals surface area (Å²) in [5, 5.41) is 0. The lowest BCUT2D eigenvalue weighted by atomic mass is 10.1. The van der Waals surface area contributed by atoms with Crippen LogP contribution in [-0.4, -0.2) is 27.0 Å². The largest absolute Gasteiger partial charge is 0.377 e. The average molecular weight is 368 g/mol. The van der Waals surface area contributed by atoms with Crippen molar-refractivity contribution in [1.29, 1.82) is 0 Å². The van der Waals surface area contributed by atoms with Crippen molar-refractivity contribution in [3.63, 3.8) is 0 Å². The van der Waals surface area contributed by atoms with Gasteiger partial charge in [0.2, 0.25) is 0 Å². The summed E-state index contributed by atoms with van der Waals surface area (Å²) in [6.45, 7) is 2.04. The van der Waals surface area contributed by atoms with Gasteiger partial charge in [0.15, 0.2) is 0 Å². The number of nitrogens with zero attached hydrogens (tertiary/aromatic N) is 2. The second-order valence-corrected chi connectivity index (χ2v) is 7.01. The molecule has 0 saturated heterocycles. The van der Waals surface area contributed by atoms with Crippen LogP contribution >= 0.6 is 0 Å². The molecule has 1 atom stereocenters. The van der Waals surface area contributed by atoms with Gasteiger partial charge < -0.3 is 14.7 Å². The molecule has 3 aromatic heterocycles. The van der Waals surface area contributed by atoms with Gasteiger partial charge in [-0.15, -0.1) is 0 Å². The van der Waals surface area contributed by atoms with E-state index in [-0.39, 0.29) is 6.10 Å². The Bertz CT molecular complexity index is 1280. The van der Waals surface area contributed by atoms with Crippen molar-refractivity contribution in [3.05, 3.63) is 70.8 Å². The molecule has 3 aromatic rings. The van der Waals surface area contributed by atoms with Gasteiger partial charge in [-0.3, -0.25) is 0 Å². The molecule has 0 saturated carbocycles. The van der Waals surface area contributed by atoms with E-state index in [9.17, 15) is 0 Å². The topological polar surface area (TPSA) is 66.6 Å². The second-order valence-electron chi connectivity index (χ2n) is 7.01. The van der Waals surface area contributed by atoms with Crippen LogP contribution in [0.1, 0.15) is 41.4 Å². The third-order valence-electron chi connectivity index (χ3n) is 4.99. The minimum atomic E-state index is -0.0266. The summed E-state index contributed by atoms with van der Waals surface area (Å²) in [4.78, 5) is 16.3. The number of H-pyrrole nitrogens is 2. The number of aromatic amines is 2. The first kappa shape index (κ1) is 16.7. The van der Waals surface area contributed by atoms with Crippen LogP contribution in [0.3, 0.4) is 0 Å². The molecule has 2 aliphatic rings. The predicted molar refractivity (Wildman–Crippen MR) is 114 cm³/mol. The molecule has 5 heterocycles. The molecule has 0 spiro atoms. The number of ether oxygens (including phenoxy) is 1. The molecular weight excluding hydrogens is 348 g/mol. The Hall–Kier alpha value is -3.44. The Morgan fingerprint density at radius 3 is 1.82 bits per heavy atom. The molecule has 1 unspecified atom stereocenters. The first-order chi connectivity index (χ1) is 13.7. The maximum absolute atomic E-state index is 5.56. The SMILES string of the molecule is COC(C)c1cc2cc3nc(cc4ccc(cc5nc(cc1[nH]2)C=C5)[nH]4)C=C3. The molecule has 0 amide bonds. The minimum absolute atomic E-state index is 0.0266. The van der Waals surface area contributed by atoms with Gasteiger partial charge in [-0.2, -0.15) is 0 Å². The van der Waals surface area contributed by atoms with Crippen LogP contribution in [0, 0.1) is 0 Å². The van der Waals surface area contributed by atoms with Crippen molar-refractivity contribution in [3.8, 4) is 0 Å². The Labute approximate surface area is 162 Å². The lowest BCUT2D eigenvalue weighted by Crippen LogP contribution is -1.93. The fourth-order valence-corrected chi connectivity index (χ4v) is 3.50. The number of aromatic nitrogens is 4. The Kier molecular flexibility index (Phi) is 3.95. The minimum Gasteiger partial charge on any atom is -0.377 e. The summed E-state index contributed by atoms with van der Waals surface area (Å²) in [6, 6.07) is 14.4. The monoisotopic (exact) mass is 368 g/mol. The standard InChI is InChI=1S/C23H20N4O/c1-14(28-2)22-12-21-11-19-6-5-17(25-19)9-15-3-4-16(24-15)10-18-7-8-20(26-18)13-23(22)27-21/h3-14,24,27H,1-2H3. The highest BCUT2D eigenvalue weighted by Gasteiger charge is 2.10. The highest BCUT2D eigenvalue weighted by molar-refractivity contribution is 5.78. The molecular formula is C23H20N4O. The van der Waals surface area contributed by atoms with Crippen molar-refractivity contribution in [2.24, 2.45) is 0 Å². The first-order valence-electron chi connectivity index (χ1n) is 9.27. The number of hydrogen-bond acceptors (Lipinski definition) is 3. The van der Waals surface area contributed by atoms with Crippen LogP contribution in [0.5, 0.6) is 0 Å². The van der Waals surface area contributed by atoms with Crippen LogP contribution in [0.4, 0.5) is 0 Å². The fourth-order valence-electron chi connectivity index (χ4n) is 3.50. The summed E-state index contributed by atoms with van der Waals surface area (Å²) < 4.78 is 5.56. The quantitative estimate of drug-likeness (QED) is 0.441. The van der Waals surface area contributed by atoms with E-state index in [1.165, 1.54) is 0 Å². The fraction of sp³-hybridized carbons (Fsp3) is 0.130. The van der Waals surface area contributed by atoms with Gasteiger partial charge >= 0.3 is 0 Å². The van der Waals surface area contributed by atoms with Gasteiger partial charge in [0.1, 0.15) is 0 Å². The number of hydrogen-bond donors (Lipinski definition) is 2. The normalized spacial score (nSPS) is 13.8. The number of methoxy groups -OCH3 is 1. The van der Waals surface area contributed by atoms with Crippen molar-refractivity contribution >= 4 is 46.4 Å². The van der Waals surface area contributed by atoms with Crippen molar-refractivity contribution in [1.82, 2.24) is 19.9 Å². The van der Waals surface area contributed by atoms with E-state index in [4.69, 9.17) is 14.7 Å². The molecule has 0 fully saturated rings. The molecule has 28 heavy (non-hydrogen) atoms. The molecule has 0 aromatic carbocycles. The van der Waals surface area contributed by atoms with Gasteiger partial charge in [-0.05, 0) is 73.7 Å². The smallest absolute Gasteiger partial charge is 0.0813 e. The third-order valence-corrected chi connectivity index (χ3v) is 4.99. The third kappa shape index (κ3) is 3.17. The van der Waals surface area contributed by atoms with Gasteiger partial charge in [0.05, 0.1) is 28.9 Å². The van der Waals surface area contributed by atoms with Gasteiger partial charge in [-0.25, -0.2) is 9.97 Å². The first-order valence-corrected chi connectivity index (χ1v) is 9.27. The molecule has 5 heteroatoms. The Morgan fingerprint density at radius 2 is 1.25 bits per heavy atom. The van der Waals surface area contributed by atoms with Crippen LogP contribution in [0.2, 0.25) is 0 Å². The molecule has 8 bridgehead atoms. The molecule has 138 valence electrons. The average Bonchev–Trinajstić information content (AvgIpc) is 3.45. The number of fused-ring (bicyclic) bond motifs is 8. The Morgan fingerprint density at radius 1 is 0.714 bits per heavy atom. The molecule has 0 aliphatic carbocycles. The lowest BCUT2D eigenvalue weighted by Gasteiger charge is -2.06. The molecule has 0 radical (unpaired) electrons. The summed E-state index contributed by atoms with van der Waals surface area (Å²) in [5.74, 6) is 0. The zero-order valence-corrected chi connectivity index (χ0v) is 15.7. The second kappa shape index (κ2) is 6.62. The van der Waals surface area contributed by atoms with Crippen LogP contribution < -0.4 is 0 Å². The van der Waals surface area contributed by atoms with Crippen LogP contribution in [0.15, 0.2) is 42.5 Å². The highest BCUT2D eigenvalue weighted by Crippen LogP contribution is 2.25. The number of nitrogens with one attached hydrogen (secondary N) is 2.